The molecule has 1 atom stereocenters. The summed E-state index contributed by atoms with van der Waals surface area (Å²) in [6.45, 7) is 7.51. The van der Waals surface area contributed by atoms with Crippen LogP contribution >= 0.6 is 11.3 Å². The number of hydrogen-bond acceptors (Lipinski definition) is 3. The van der Waals surface area contributed by atoms with Gasteiger partial charge in [-0.05, 0) is 29.5 Å². The molecule has 0 saturated heterocycles. The van der Waals surface area contributed by atoms with Gasteiger partial charge in [0.1, 0.15) is 0 Å². The van der Waals surface area contributed by atoms with Crippen molar-refractivity contribution in [3.05, 3.63) is 52.2 Å². The molecule has 1 aromatic carbocycles. The molecule has 122 valence electrons. The summed E-state index contributed by atoms with van der Waals surface area (Å²) in [5.41, 5.74) is 2.34. The van der Waals surface area contributed by atoms with Crippen LogP contribution in [-0.2, 0) is 11.2 Å². The van der Waals surface area contributed by atoms with Gasteiger partial charge in [0.25, 0.3) is 0 Å². The molecule has 0 bridgehead atoms. The number of nitrogens with one attached hydrogen (secondary N) is 1. The van der Waals surface area contributed by atoms with E-state index in [4.69, 9.17) is 0 Å². The zero-order valence-electron chi connectivity index (χ0n) is 14.0. The van der Waals surface area contributed by atoms with Crippen LogP contribution in [0.2, 0.25) is 0 Å². The number of hydrogen-bond donors (Lipinski definition) is 1. The second kappa shape index (κ2) is 6.36. The molecule has 1 amide bonds. The second-order valence-electron chi connectivity index (χ2n) is 7.06. The smallest absolute Gasteiger partial charge is 0.225 e. The molecule has 0 fully saturated rings. The highest BCUT2D eigenvalue weighted by Gasteiger charge is 2.29. The van der Waals surface area contributed by atoms with E-state index in [0.717, 1.165) is 13.0 Å². The van der Waals surface area contributed by atoms with Crippen LogP contribution in [0.4, 0.5) is 5.69 Å². The SMILES string of the molecule is CC(C)(C)C(=O)NC[C@H](c1cccs1)N1CCc2ccccc21. The molecule has 2 heterocycles. The lowest BCUT2D eigenvalue weighted by molar-refractivity contribution is -0.128. The van der Waals surface area contributed by atoms with Crippen LogP contribution in [0.3, 0.4) is 0 Å². The van der Waals surface area contributed by atoms with Crippen molar-refractivity contribution in [3.8, 4) is 0 Å². The van der Waals surface area contributed by atoms with Crippen LogP contribution in [0, 0.1) is 5.41 Å². The maximum Gasteiger partial charge on any atom is 0.225 e. The van der Waals surface area contributed by atoms with Crippen LogP contribution in [0.15, 0.2) is 41.8 Å². The number of carbonyl (C=O) groups excluding carboxylic acids is 1. The number of thiophene rings is 1. The van der Waals surface area contributed by atoms with Gasteiger partial charge in [0.05, 0.1) is 6.04 Å². The Morgan fingerprint density at radius 3 is 2.74 bits per heavy atom. The topological polar surface area (TPSA) is 32.3 Å². The highest BCUT2D eigenvalue weighted by molar-refractivity contribution is 7.10. The fourth-order valence-electron chi connectivity index (χ4n) is 2.99. The molecule has 1 N–H and O–H groups in total. The van der Waals surface area contributed by atoms with E-state index in [1.165, 1.54) is 16.1 Å². The van der Waals surface area contributed by atoms with Crippen LogP contribution in [0.1, 0.15) is 37.3 Å². The standard InChI is InChI=1S/C19H24N2OS/c1-19(2,3)18(22)20-13-16(17-9-6-12-23-17)21-11-10-14-7-4-5-8-15(14)21/h4-9,12,16H,10-11,13H2,1-3H3,(H,20,22)/t16-/m1/s1. The summed E-state index contributed by atoms with van der Waals surface area (Å²) >= 11 is 1.76. The van der Waals surface area contributed by atoms with E-state index >= 15 is 0 Å². The van der Waals surface area contributed by atoms with Gasteiger partial charge in [-0.25, -0.2) is 0 Å². The Balaban J connectivity index is 1.82. The molecule has 4 heteroatoms. The van der Waals surface area contributed by atoms with Crippen LogP contribution in [0.5, 0.6) is 0 Å². The van der Waals surface area contributed by atoms with Gasteiger partial charge in [-0.15, -0.1) is 11.3 Å². The first kappa shape index (κ1) is 16.1. The van der Waals surface area contributed by atoms with Crippen molar-refractivity contribution >= 4 is 22.9 Å². The minimum Gasteiger partial charge on any atom is -0.361 e. The van der Waals surface area contributed by atoms with E-state index in [0.29, 0.717) is 6.54 Å². The van der Waals surface area contributed by atoms with Crippen molar-refractivity contribution < 1.29 is 4.79 Å². The fourth-order valence-corrected chi connectivity index (χ4v) is 3.83. The van der Waals surface area contributed by atoms with Gasteiger partial charge in [0, 0.05) is 29.1 Å². The summed E-state index contributed by atoms with van der Waals surface area (Å²) in [6.07, 6.45) is 1.07. The highest BCUT2D eigenvalue weighted by atomic mass is 32.1. The number of para-hydroxylation sites is 1. The molecule has 0 aliphatic carbocycles. The molecular formula is C19H24N2OS. The minimum absolute atomic E-state index is 0.103. The Kier molecular flexibility index (Phi) is 4.44. The molecule has 2 aromatic rings. The summed E-state index contributed by atoms with van der Waals surface area (Å²) in [4.78, 5) is 16.0. The highest BCUT2D eigenvalue weighted by Crippen LogP contribution is 2.36. The third-order valence-corrected chi connectivity index (χ3v) is 5.28. The average Bonchev–Trinajstić information content (AvgIpc) is 3.16. The second-order valence-corrected chi connectivity index (χ2v) is 8.04. The summed E-state index contributed by atoms with van der Waals surface area (Å²) in [6, 6.07) is 13.0. The molecule has 0 unspecified atom stereocenters. The molecule has 1 aromatic heterocycles. The molecule has 0 radical (unpaired) electrons. The number of anilines is 1. The Hall–Kier alpha value is -1.81. The van der Waals surface area contributed by atoms with Crippen LogP contribution < -0.4 is 10.2 Å². The van der Waals surface area contributed by atoms with E-state index in [1.807, 2.05) is 20.8 Å². The lowest BCUT2D eigenvalue weighted by Crippen LogP contribution is -2.41. The van der Waals surface area contributed by atoms with Crippen molar-refractivity contribution in [2.24, 2.45) is 5.41 Å². The molecule has 0 saturated carbocycles. The minimum atomic E-state index is -0.358. The van der Waals surface area contributed by atoms with Crippen molar-refractivity contribution in [3.63, 3.8) is 0 Å². The van der Waals surface area contributed by atoms with Gasteiger partial charge in [-0.3, -0.25) is 4.79 Å². The number of carbonyl (C=O) groups is 1. The normalized spacial score (nSPS) is 15.3. The van der Waals surface area contributed by atoms with E-state index in [-0.39, 0.29) is 17.4 Å². The Bertz CT molecular complexity index is 673. The fraction of sp³-hybridized carbons (Fsp3) is 0.421. The monoisotopic (exact) mass is 328 g/mol. The Morgan fingerprint density at radius 1 is 1.26 bits per heavy atom. The zero-order valence-corrected chi connectivity index (χ0v) is 14.8. The summed E-state index contributed by atoms with van der Waals surface area (Å²) in [5.74, 6) is 0.103. The van der Waals surface area contributed by atoms with Crippen molar-refractivity contribution in [1.82, 2.24) is 5.32 Å². The van der Waals surface area contributed by atoms with E-state index < -0.39 is 0 Å². The first-order valence-corrected chi connectivity index (χ1v) is 9.01. The first-order chi connectivity index (χ1) is 11.0. The summed E-state index contributed by atoms with van der Waals surface area (Å²) in [5, 5.41) is 5.25. The van der Waals surface area contributed by atoms with Crippen molar-refractivity contribution in [2.45, 2.75) is 33.2 Å². The van der Waals surface area contributed by atoms with Crippen molar-refractivity contribution in [2.75, 3.05) is 18.0 Å². The predicted octanol–water partition coefficient (Wildman–Crippen LogP) is 4.01. The average molecular weight is 328 g/mol. The molecule has 1 aliphatic heterocycles. The number of benzene rings is 1. The predicted molar refractivity (Wildman–Crippen MR) is 97.0 cm³/mol. The van der Waals surface area contributed by atoms with Crippen LogP contribution in [0.25, 0.3) is 0 Å². The van der Waals surface area contributed by atoms with Gasteiger partial charge in [-0.1, -0.05) is 45.0 Å². The maximum atomic E-state index is 12.3. The number of fused-ring (bicyclic) bond motifs is 1. The summed E-state index contributed by atoms with van der Waals surface area (Å²) < 4.78 is 0. The van der Waals surface area contributed by atoms with Crippen LogP contribution in [-0.4, -0.2) is 19.0 Å². The quantitative estimate of drug-likeness (QED) is 0.919. The number of nitrogens with zero attached hydrogens (tertiary/aromatic N) is 1. The summed E-state index contributed by atoms with van der Waals surface area (Å²) in [7, 11) is 0. The molecule has 23 heavy (non-hydrogen) atoms. The Labute approximate surface area is 142 Å². The Morgan fingerprint density at radius 2 is 2.04 bits per heavy atom. The van der Waals surface area contributed by atoms with E-state index in [2.05, 4.69) is 52.0 Å². The number of amides is 1. The maximum absolute atomic E-state index is 12.3. The third kappa shape index (κ3) is 3.42. The lowest BCUT2D eigenvalue weighted by atomic mass is 9.95. The largest absolute Gasteiger partial charge is 0.361 e. The molecular weight excluding hydrogens is 304 g/mol. The van der Waals surface area contributed by atoms with Gasteiger partial charge >= 0.3 is 0 Å². The van der Waals surface area contributed by atoms with Gasteiger partial charge in [0.15, 0.2) is 0 Å². The molecule has 1 aliphatic rings. The van der Waals surface area contributed by atoms with E-state index in [9.17, 15) is 4.79 Å². The third-order valence-electron chi connectivity index (χ3n) is 4.31. The van der Waals surface area contributed by atoms with E-state index in [1.54, 1.807) is 11.3 Å². The first-order valence-electron chi connectivity index (χ1n) is 8.13. The number of rotatable bonds is 4. The van der Waals surface area contributed by atoms with Gasteiger partial charge < -0.3 is 10.2 Å². The van der Waals surface area contributed by atoms with Gasteiger partial charge in [-0.2, -0.15) is 0 Å². The molecule has 3 rings (SSSR count). The lowest BCUT2D eigenvalue weighted by Gasteiger charge is -2.31. The van der Waals surface area contributed by atoms with Gasteiger partial charge in [0.2, 0.25) is 5.91 Å². The van der Waals surface area contributed by atoms with Crippen molar-refractivity contribution in [1.29, 1.82) is 0 Å². The molecule has 0 spiro atoms. The molecule has 3 nitrogen and oxygen atoms in total. The zero-order chi connectivity index (χ0) is 16.4.